The molecule has 19 heavy (non-hydrogen) atoms. The van der Waals surface area contributed by atoms with Crippen molar-refractivity contribution in [3.05, 3.63) is 29.3 Å². The fraction of sp³-hybridized carbons (Fsp3) is 0.462. The van der Waals surface area contributed by atoms with Gasteiger partial charge in [0, 0.05) is 18.2 Å². The quantitative estimate of drug-likeness (QED) is 0.716. The standard InChI is InChI=1S/C13H18F2N2O2/c1-3-13(2,4-5-18)17-12(19)8-6-11(16)10(15)7-9(8)14/h6-7,18H,3-5,16H2,1-2H3,(H,17,19). The van der Waals surface area contributed by atoms with Crippen molar-refractivity contribution in [2.24, 2.45) is 0 Å². The highest BCUT2D eigenvalue weighted by Gasteiger charge is 2.26. The molecule has 0 radical (unpaired) electrons. The van der Waals surface area contributed by atoms with Crippen molar-refractivity contribution >= 4 is 11.6 Å². The van der Waals surface area contributed by atoms with E-state index in [1.165, 1.54) is 0 Å². The molecule has 0 aliphatic rings. The average molecular weight is 272 g/mol. The molecule has 0 fully saturated rings. The maximum Gasteiger partial charge on any atom is 0.254 e. The summed E-state index contributed by atoms with van der Waals surface area (Å²) in [6, 6.07) is 1.55. The molecule has 1 atom stereocenters. The molecule has 0 saturated heterocycles. The minimum atomic E-state index is -0.966. The minimum absolute atomic E-state index is 0.0986. The number of anilines is 1. The van der Waals surface area contributed by atoms with Gasteiger partial charge in [0.05, 0.1) is 11.3 Å². The number of halogens is 2. The van der Waals surface area contributed by atoms with Crippen molar-refractivity contribution in [1.29, 1.82) is 0 Å². The molecular weight excluding hydrogens is 254 g/mol. The number of hydrogen-bond donors (Lipinski definition) is 3. The first-order chi connectivity index (χ1) is 8.83. The second kappa shape index (κ2) is 5.97. The molecular formula is C13H18F2N2O2. The topological polar surface area (TPSA) is 75.3 Å². The van der Waals surface area contributed by atoms with Gasteiger partial charge in [-0.1, -0.05) is 6.92 Å². The van der Waals surface area contributed by atoms with Crippen LogP contribution < -0.4 is 11.1 Å². The van der Waals surface area contributed by atoms with Gasteiger partial charge in [-0.2, -0.15) is 0 Å². The molecule has 0 spiro atoms. The Morgan fingerprint density at radius 3 is 2.58 bits per heavy atom. The predicted octanol–water partition coefficient (Wildman–Crippen LogP) is 1.83. The summed E-state index contributed by atoms with van der Waals surface area (Å²) in [5, 5.41) is 11.6. The summed E-state index contributed by atoms with van der Waals surface area (Å²) in [6.45, 7) is 3.48. The molecule has 0 heterocycles. The lowest BCUT2D eigenvalue weighted by Gasteiger charge is -2.29. The van der Waals surface area contributed by atoms with Crippen molar-refractivity contribution in [2.75, 3.05) is 12.3 Å². The first-order valence-electron chi connectivity index (χ1n) is 6.01. The summed E-state index contributed by atoms with van der Waals surface area (Å²) >= 11 is 0. The van der Waals surface area contributed by atoms with Crippen molar-refractivity contribution < 1.29 is 18.7 Å². The molecule has 6 heteroatoms. The van der Waals surface area contributed by atoms with E-state index >= 15 is 0 Å². The maximum atomic E-state index is 13.5. The van der Waals surface area contributed by atoms with Gasteiger partial charge in [0.15, 0.2) is 0 Å². The lowest BCUT2D eigenvalue weighted by molar-refractivity contribution is 0.0882. The van der Waals surface area contributed by atoms with E-state index in [-0.39, 0.29) is 17.9 Å². The van der Waals surface area contributed by atoms with E-state index in [9.17, 15) is 13.6 Å². The Kier molecular flexibility index (Phi) is 4.83. The van der Waals surface area contributed by atoms with Gasteiger partial charge in [-0.3, -0.25) is 4.79 Å². The smallest absolute Gasteiger partial charge is 0.254 e. The summed E-state index contributed by atoms with van der Waals surface area (Å²) in [4.78, 5) is 12.0. The van der Waals surface area contributed by atoms with Crippen LogP contribution in [0.5, 0.6) is 0 Å². The normalized spacial score (nSPS) is 13.9. The van der Waals surface area contributed by atoms with E-state index in [0.717, 1.165) is 6.07 Å². The summed E-state index contributed by atoms with van der Waals surface area (Å²) < 4.78 is 26.6. The number of hydrogen-bond acceptors (Lipinski definition) is 3. The van der Waals surface area contributed by atoms with Gasteiger partial charge in [0.25, 0.3) is 5.91 Å². The molecule has 0 aliphatic carbocycles. The molecule has 0 bridgehead atoms. The Labute approximate surface area is 110 Å². The molecule has 4 nitrogen and oxygen atoms in total. The monoisotopic (exact) mass is 272 g/mol. The number of benzene rings is 1. The molecule has 106 valence electrons. The van der Waals surface area contributed by atoms with Crippen LogP contribution in [-0.2, 0) is 0 Å². The third-order valence-electron chi connectivity index (χ3n) is 3.19. The minimum Gasteiger partial charge on any atom is -0.396 e. The van der Waals surface area contributed by atoms with Gasteiger partial charge < -0.3 is 16.2 Å². The van der Waals surface area contributed by atoms with Crippen molar-refractivity contribution in [2.45, 2.75) is 32.2 Å². The van der Waals surface area contributed by atoms with E-state index in [1.54, 1.807) is 6.92 Å². The fourth-order valence-corrected chi connectivity index (χ4v) is 1.66. The fourth-order valence-electron chi connectivity index (χ4n) is 1.66. The molecule has 0 aromatic heterocycles. The molecule has 0 saturated carbocycles. The lowest BCUT2D eigenvalue weighted by Crippen LogP contribution is -2.46. The summed E-state index contributed by atoms with van der Waals surface area (Å²) in [5.74, 6) is -2.55. The van der Waals surface area contributed by atoms with Crippen LogP contribution in [0.25, 0.3) is 0 Å². The van der Waals surface area contributed by atoms with Gasteiger partial charge in [-0.15, -0.1) is 0 Å². The Morgan fingerprint density at radius 1 is 1.42 bits per heavy atom. The highest BCUT2D eigenvalue weighted by atomic mass is 19.1. The van der Waals surface area contributed by atoms with Crippen LogP contribution in [0, 0.1) is 11.6 Å². The first-order valence-corrected chi connectivity index (χ1v) is 6.01. The van der Waals surface area contributed by atoms with Gasteiger partial charge >= 0.3 is 0 Å². The zero-order valence-electron chi connectivity index (χ0n) is 11.0. The molecule has 0 aliphatic heterocycles. The molecule has 1 unspecified atom stereocenters. The van der Waals surface area contributed by atoms with E-state index in [0.29, 0.717) is 18.9 Å². The third-order valence-corrected chi connectivity index (χ3v) is 3.19. The van der Waals surface area contributed by atoms with Crippen LogP contribution in [0.2, 0.25) is 0 Å². The second-order valence-electron chi connectivity index (χ2n) is 4.70. The SMILES string of the molecule is CCC(C)(CCO)NC(=O)c1cc(N)c(F)cc1F. The van der Waals surface area contributed by atoms with E-state index < -0.39 is 23.1 Å². The number of carbonyl (C=O) groups excluding carboxylic acids is 1. The number of aliphatic hydroxyl groups excluding tert-OH is 1. The van der Waals surface area contributed by atoms with Crippen molar-refractivity contribution in [3.63, 3.8) is 0 Å². The number of nitrogen functional groups attached to an aromatic ring is 1. The number of nitrogens with two attached hydrogens (primary N) is 1. The Balaban J connectivity index is 2.98. The highest BCUT2D eigenvalue weighted by molar-refractivity contribution is 5.95. The van der Waals surface area contributed by atoms with Crippen LogP contribution in [0.3, 0.4) is 0 Å². The van der Waals surface area contributed by atoms with Crippen molar-refractivity contribution in [3.8, 4) is 0 Å². The third kappa shape index (κ3) is 3.64. The molecule has 1 aromatic rings. The molecule has 1 rings (SSSR count). The zero-order chi connectivity index (χ0) is 14.6. The number of amides is 1. The largest absolute Gasteiger partial charge is 0.396 e. The van der Waals surface area contributed by atoms with Crippen LogP contribution >= 0.6 is 0 Å². The van der Waals surface area contributed by atoms with E-state index in [4.69, 9.17) is 10.8 Å². The average Bonchev–Trinajstić information content (AvgIpc) is 2.33. The number of nitrogens with one attached hydrogen (secondary N) is 1. The van der Waals surface area contributed by atoms with Crippen LogP contribution in [-0.4, -0.2) is 23.2 Å². The lowest BCUT2D eigenvalue weighted by atomic mass is 9.94. The number of rotatable bonds is 5. The van der Waals surface area contributed by atoms with Crippen LogP contribution in [0.4, 0.5) is 14.5 Å². The zero-order valence-corrected chi connectivity index (χ0v) is 11.0. The van der Waals surface area contributed by atoms with Gasteiger partial charge in [-0.25, -0.2) is 8.78 Å². The Morgan fingerprint density at radius 2 is 2.05 bits per heavy atom. The number of carbonyl (C=O) groups is 1. The van der Waals surface area contributed by atoms with Crippen LogP contribution in [0.15, 0.2) is 12.1 Å². The first kappa shape index (κ1) is 15.4. The summed E-state index contributed by atoms with van der Waals surface area (Å²) in [6.07, 6.45) is 0.908. The van der Waals surface area contributed by atoms with Crippen molar-refractivity contribution in [1.82, 2.24) is 5.32 Å². The number of aliphatic hydroxyl groups is 1. The van der Waals surface area contributed by atoms with Gasteiger partial charge in [0.1, 0.15) is 11.6 Å². The highest BCUT2D eigenvalue weighted by Crippen LogP contribution is 2.19. The maximum absolute atomic E-state index is 13.5. The summed E-state index contributed by atoms with van der Waals surface area (Å²) in [5.41, 5.74) is 4.08. The van der Waals surface area contributed by atoms with Gasteiger partial charge in [-0.05, 0) is 25.8 Å². The second-order valence-corrected chi connectivity index (χ2v) is 4.70. The Hall–Kier alpha value is -1.69. The van der Waals surface area contributed by atoms with Gasteiger partial charge in [0.2, 0.25) is 0 Å². The summed E-state index contributed by atoms with van der Waals surface area (Å²) in [7, 11) is 0. The van der Waals surface area contributed by atoms with E-state index in [2.05, 4.69) is 5.32 Å². The molecule has 1 amide bonds. The van der Waals surface area contributed by atoms with Crippen LogP contribution in [0.1, 0.15) is 37.0 Å². The molecule has 1 aromatic carbocycles. The molecule has 4 N–H and O–H groups in total. The van der Waals surface area contributed by atoms with E-state index in [1.807, 2.05) is 6.92 Å². The Bertz CT molecular complexity index is 480. The predicted molar refractivity (Wildman–Crippen MR) is 68.6 cm³/mol.